The summed E-state index contributed by atoms with van der Waals surface area (Å²) in [6.45, 7) is 5.04. The molecule has 170 valence electrons. The molecule has 3 N–H and O–H groups in total. The molecule has 8 nitrogen and oxygen atoms in total. The molecule has 0 spiro atoms. The van der Waals surface area contributed by atoms with Crippen molar-refractivity contribution in [1.29, 1.82) is 0 Å². The fourth-order valence-electron chi connectivity index (χ4n) is 3.52. The van der Waals surface area contributed by atoms with E-state index in [1.165, 1.54) is 18.4 Å². The van der Waals surface area contributed by atoms with Crippen molar-refractivity contribution in [2.75, 3.05) is 13.1 Å². The monoisotopic (exact) mass is 458 g/mol. The van der Waals surface area contributed by atoms with Crippen LogP contribution in [0.5, 0.6) is 0 Å². The third kappa shape index (κ3) is 5.21. The molecule has 1 atom stereocenters. The molecule has 0 saturated heterocycles. The minimum atomic E-state index is -3.87. The van der Waals surface area contributed by atoms with Crippen LogP contribution in [0, 0.1) is 13.8 Å². The van der Waals surface area contributed by atoms with Crippen molar-refractivity contribution in [1.82, 2.24) is 9.62 Å². The van der Waals surface area contributed by atoms with E-state index in [4.69, 9.17) is 4.42 Å². The number of likely N-dealkylation sites (N-methyl/N-ethyl adjacent to an activating group) is 1. The molecule has 10 heteroatoms. The van der Waals surface area contributed by atoms with Gasteiger partial charge in [0.25, 0.3) is 0 Å². The zero-order chi connectivity index (χ0) is 23.5. The second-order valence-electron chi connectivity index (χ2n) is 7.75. The number of aryl methyl sites for hydroxylation is 2. The maximum Gasteiger partial charge on any atom is 0.475 e. The Bertz CT molecular complexity index is 1190. The molecule has 0 bridgehead atoms. The average Bonchev–Trinajstić information content (AvgIpc) is 3.16. The van der Waals surface area contributed by atoms with Crippen LogP contribution in [0.15, 0.2) is 58.0 Å². The molecule has 0 radical (unpaired) electrons. The standard InChI is InChI=1S/C22H27BN2O6S/c1-4-25(32(29,30)18-10-8-15(2)9-11-18)13-21(26)24-20(23(27)28)12-17-14-31-22-16(3)6-5-7-19(17)22/h5-11,14,20,27-28H,4,12-13H2,1-3H3,(H,24,26)/t20-/m0/s1. The molecule has 1 heterocycles. The van der Waals surface area contributed by atoms with Gasteiger partial charge in [-0.15, -0.1) is 0 Å². The summed E-state index contributed by atoms with van der Waals surface area (Å²) in [4.78, 5) is 12.7. The van der Waals surface area contributed by atoms with Crippen LogP contribution in [-0.4, -0.2) is 54.8 Å². The number of para-hydroxylation sites is 1. The maximum atomic E-state index is 12.9. The maximum absolute atomic E-state index is 12.9. The summed E-state index contributed by atoms with van der Waals surface area (Å²) in [5, 5.41) is 23.0. The molecule has 0 saturated carbocycles. The lowest BCUT2D eigenvalue weighted by Crippen LogP contribution is -2.51. The number of carbonyl (C=O) groups excluding carboxylic acids is 1. The Morgan fingerprint density at radius 3 is 2.47 bits per heavy atom. The van der Waals surface area contributed by atoms with E-state index in [9.17, 15) is 23.3 Å². The number of sulfonamides is 1. The number of fused-ring (bicyclic) bond motifs is 1. The fraction of sp³-hybridized carbons (Fsp3) is 0.318. The first-order chi connectivity index (χ1) is 15.1. The van der Waals surface area contributed by atoms with Crippen molar-refractivity contribution in [2.24, 2.45) is 0 Å². The van der Waals surface area contributed by atoms with E-state index >= 15 is 0 Å². The summed E-state index contributed by atoms with van der Waals surface area (Å²) in [6.07, 6.45) is 1.64. The highest BCUT2D eigenvalue weighted by molar-refractivity contribution is 7.89. The van der Waals surface area contributed by atoms with Gasteiger partial charge < -0.3 is 19.8 Å². The van der Waals surface area contributed by atoms with E-state index in [-0.39, 0.29) is 17.9 Å². The number of nitrogens with one attached hydrogen (secondary N) is 1. The normalized spacial score (nSPS) is 12.8. The number of benzene rings is 2. The van der Waals surface area contributed by atoms with Crippen molar-refractivity contribution < 1.29 is 27.7 Å². The van der Waals surface area contributed by atoms with Crippen LogP contribution in [0.2, 0.25) is 0 Å². The van der Waals surface area contributed by atoms with Gasteiger partial charge in [0.05, 0.1) is 23.6 Å². The van der Waals surface area contributed by atoms with E-state index in [2.05, 4.69) is 5.32 Å². The summed E-state index contributed by atoms with van der Waals surface area (Å²) in [5.41, 5.74) is 3.27. The van der Waals surface area contributed by atoms with Crippen LogP contribution in [0.4, 0.5) is 0 Å². The average molecular weight is 458 g/mol. The Morgan fingerprint density at radius 2 is 1.84 bits per heavy atom. The number of hydrogen-bond acceptors (Lipinski definition) is 6. The molecular formula is C22H27BN2O6S. The van der Waals surface area contributed by atoms with Crippen LogP contribution in [0.3, 0.4) is 0 Å². The Hall–Kier alpha value is -2.66. The summed E-state index contributed by atoms with van der Waals surface area (Å²) in [5.74, 6) is -1.67. The summed E-state index contributed by atoms with van der Waals surface area (Å²) in [6, 6.07) is 12.0. The molecule has 1 aromatic heterocycles. The predicted octanol–water partition coefficient (Wildman–Crippen LogP) is 1.80. The van der Waals surface area contributed by atoms with Gasteiger partial charge in [0.2, 0.25) is 15.9 Å². The number of rotatable bonds is 9. The predicted molar refractivity (Wildman–Crippen MR) is 122 cm³/mol. The molecule has 2 aromatic carbocycles. The molecule has 0 unspecified atom stereocenters. The number of carbonyl (C=O) groups is 1. The van der Waals surface area contributed by atoms with Gasteiger partial charge in [0.1, 0.15) is 5.58 Å². The second kappa shape index (κ2) is 9.87. The SMILES string of the molecule is CCN(CC(=O)N[C@@H](Cc1coc2c(C)cccc12)B(O)O)S(=O)(=O)c1ccc(C)cc1. The lowest BCUT2D eigenvalue weighted by Gasteiger charge is -2.22. The topological polar surface area (TPSA) is 120 Å². The van der Waals surface area contributed by atoms with Crippen molar-refractivity contribution in [3.05, 3.63) is 65.4 Å². The van der Waals surface area contributed by atoms with Crippen LogP contribution in [0.25, 0.3) is 11.0 Å². The van der Waals surface area contributed by atoms with E-state index in [1.54, 1.807) is 19.1 Å². The largest absolute Gasteiger partial charge is 0.475 e. The van der Waals surface area contributed by atoms with Crippen molar-refractivity contribution in [2.45, 2.75) is 38.0 Å². The smallest absolute Gasteiger partial charge is 0.464 e. The molecule has 0 aliphatic heterocycles. The number of amides is 1. The summed E-state index contributed by atoms with van der Waals surface area (Å²) < 4.78 is 32.4. The Kier molecular flexibility index (Phi) is 7.40. The number of hydrogen-bond donors (Lipinski definition) is 3. The first-order valence-corrected chi connectivity index (χ1v) is 11.8. The molecule has 3 aromatic rings. The van der Waals surface area contributed by atoms with Gasteiger partial charge in [-0.25, -0.2) is 8.42 Å². The van der Waals surface area contributed by atoms with Gasteiger partial charge in [0, 0.05) is 11.9 Å². The van der Waals surface area contributed by atoms with Gasteiger partial charge in [0.15, 0.2) is 0 Å². The zero-order valence-corrected chi connectivity index (χ0v) is 19.1. The van der Waals surface area contributed by atoms with E-state index < -0.39 is 35.5 Å². The van der Waals surface area contributed by atoms with Crippen LogP contribution < -0.4 is 5.32 Å². The molecule has 0 aliphatic carbocycles. The lowest BCUT2D eigenvalue weighted by molar-refractivity contribution is -0.121. The third-order valence-electron chi connectivity index (χ3n) is 5.35. The van der Waals surface area contributed by atoms with Crippen LogP contribution in [-0.2, 0) is 21.2 Å². The highest BCUT2D eigenvalue weighted by Gasteiger charge is 2.30. The molecule has 32 heavy (non-hydrogen) atoms. The first kappa shape index (κ1) is 24.0. The molecular weight excluding hydrogens is 431 g/mol. The molecule has 0 fully saturated rings. The van der Waals surface area contributed by atoms with Crippen molar-refractivity contribution in [3.63, 3.8) is 0 Å². The van der Waals surface area contributed by atoms with Crippen LogP contribution in [0.1, 0.15) is 23.6 Å². The van der Waals surface area contributed by atoms with Crippen molar-refractivity contribution >= 4 is 34.0 Å². The van der Waals surface area contributed by atoms with E-state index in [1.807, 2.05) is 32.0 Å². The minimum absolute atomic E-state index is 0.0849. The summed E-state index contributed by atoms with van der Waals surface area (Å²) >= 11 is 0. The fourth-order valence-corrected chi connectivity index (χ4v) is 4.93. The first-order valence-electron chi connectivity index (χ1n) is 10.3. The van der Waals surface area contributed by atoms with E-state index in [0.29, 0.717) is 11.1 Å². The Balaban J connectivity index is 1.73. The van der Waals surface area contributed by atoms with Crippen molar-refractivity contribution in [3.8, 4) is 0 Å². The highest BCUT2D eigenvalue weighted by atomic mass is 32.2. The highest BCUT2D eigenvalue weighted by Crippen LogP contribution is 2.25. The van der Waals surface area contributed by atoms with Gasteiger partial charge in [-0.1, -0.05) is 42.8 Å². The van der Waals surface area contributed by atoms with Gasteiger partial charge in [-0.05, 0) is 43.5 Å². The van der Waals surface area contributed by atoms with Gasteiger partial charge in [-0.3, -0.25) is 4.79 Å². The molecule has 0 aliphatic rings. The third-order valence-corrected chi connectivity index (χ3v) is 7.29. The number of furan rings is 1. The quantitative estimate of drug-likeness (QED) is 0.421. The van der Waals surface area contributed by atoms with Crippen LogP contribution >= 0.6 is 0 Å². The summed E-state index contributed by atoms with van der Waals surface area (Å²) in [7, 11) is -5.71. The molecule has 3 rings (SSSR count). The number of nitrogens with zero attached hydrogens (tertiary/aromatic N) is 1. The minimum Gasteiger partial charge on any atom is -0.464 e. The van der Waals surface area contributed by atoms with Gasteiger partial charge >= 0.3 is 7.12 Å². The zero-order valence-electron chi connectivity index (χ0n) is 18.3. The Labute approximate surface area is 188 Å². The molecule has 1 amide bonds. The lowest BCUT2D eigenvalue weighted by atomic mass is 9.76. The second-order valence-corrected chi connectivity index (χ2v) is 9.69. The van der Waals surface area contributed by atoms with Gasteiger partial charge in [-0.2, -0.15) is 4.31 Å². The Morgan fingerprint density at radius 1 is 1.16 bits per heavy atom. The van der Waals surface area contributed by atoms with E-state index in [0.717, 1.165) is 20.8 Å².